The highest BCUT2D eigenvalue weighted by atomic mass is 15.1. The molecule has 1 aliphatic heterocycles. The number of nitrogen functional groups attached to an aromatic ring is 1. The number of nitrogens with two attached hydrogens (primary N) is 1. The van der Waals surface area contributed by atoms with Gasteiger partial charge in [-0.15, -0.1) is 0 Å². The van der Waals surface area contributed by atoms with Gasteiger partial charge in [-0.25, -0.2) is 0 Å². The maximum absolute atomic E-state index is 9.14. The number of nitriles is 1. The van der Waals surface area contributed by atoms with E-state index in [0.717, 1.165) is 25.1 Å². The van der Waals surface area contributed by atoms with Gasteiger partial charge in [-0.2, -0.15) is 5.26 Å². The minimum atomic E-state index is 0.541. The Morgan fingerprint density at radius 3 is 2.80 bits per heavy atom. The summed E-state index contributed by atoms with van der Waals surface area (Å²) in [6.45, 7) is 0.978. The standard InChI is InChI=1S/C17H17N3/c18-12-14-11-15(8-9-16(14)19)20-10-4-3-6-13-5-1-2-7-17(13)20/h1-2,5,7-9,11H,3-4,6,10,19H2. The third-order valence-electron chi connectivity index (χ3n) is 3.83. The molecule has 2 N–H and O–H groups in total. The molecule has 3 nitrogen and oxygen atoms in total. The van der Waals surface area contributed by atoms with E-state index in [-0.39, 0.29) is 0 Å². The van der Waals surface area contributed by atoms with Crippen LogP contribution in [0.3, 0.4) is 0 Å². The van der Waals surface area contributed by atoms with E-state index in [0.29, 0.717) is 11.3 Å². The normalized spacial score (nSPS) is 14.2. The predicted molar refractivity (Wildman–Crippen MR) is 82.0 cm³/mol. The van der Waals surface area contributed by atoms with E-state index in [4.69, 9.17) is 11.0 Å². The summed E-state index contributed by atoms with van der Waals surface area (Å²) in [5.74, 6) is 0. The van der Waals surface area contributed by atoms with Crippen molar-refractivity contribution >= 4 is 17.1 Å². The smallest absolute Gasteiger partial charge is 0.101 e. The van der Waals surface area contributed by atoms with Crippen LogP contribution in [0.15, 0.2) is 42.5 Å². The Hall–Kier alpha value is -2.47. The van der Waals surface area contributed by atoms with E-state index >= 15 is 0 Å². The van der Waals surface area contributed by atoms with E-state index in [9.17, 15) is 0 Å². The summed E-state index contributed by atoms with van der Waals surface area (Å²) in [7, 11) is 0. The molecule has 0 amide bonds. The topological polar surface area (TPSA) is 53.0 Å². The number of rotatable bonds is 1. The Labute approximate surface area is 119 Å². The van der Waals surface area contributed by atoms with E-state index in [1.54, 1.807) is 0 Å². The van der Waals surface area contributed by atoms with Crippen LogP contribution in [0.4, 0.5) is 17.1 Å². The highest BCUT2D eigenvalue weighted by Gasteiger charge is 2.17. The van der Waals surface area contributed by atoms with Crippen molar-refractivity contribution in [1.29, 1.82) is 5.26 Å². The van der Waals surface area contributed by atoms with Crippen LogP contribution in [-0.2, 0) is 6.42 Å². The van der Waals surface area contributed by atoms with Gasteiger partial charge < -0.3 is 10.6 Å². The summed E-state index contributed by atoms with van der Waals surface area (Å²) < 4.78 is 0. The van der Waals surface area contributed by atoms with E-state index in [1.807, 2.05) is 18.2 Å². The molecule has 0 atom stereocenters. The lowest BCUT2D eigenvalue weighted by molar-refractivity contribution is 0.761. The first-order valence-corrected chi connectivity index (χ1v) is 6.94. The first kappa shape index (κ1) is 12.6. The van der Waals surface area contributed by atoms with E-state index < -0.39 is 0 Å². The zero-order valence-electron chi connectivity index (χ0n) is 11.3. The monoisotopic (exact) mass is 263 g/mol. The van der Waals surface area contributed by atoms with Crippen LogP contribution < -0.4 is 10.6 Å². The van der Waals surface area contributed by atoms with Gasteiger partial charge in [0, 0.05) is 23.6 Å². The highest BCUT2D eigenvalue weighted by Crippen LogP contribution is 2.33. The van der Waals surface area contributed by atoms with Crippen LogP contribution in [-0.4, -0.2) is 6.54 Å². The number of fused-ring (bicyclic) bond motifs is 1. The average molecular weight is 263 g/mol. The molecule has 0 unspecified atom stereocenters. The Morgan fingerprint density at radius 1 is 1.10 bits per heavy atom. The fourth-order valence-corrected chi connectivity index (χ4v) is 2.77. The molecular formula is C17H17N3. The third kappa shape index (κ3) is 2.21. The maximum atomic E-state index is 9.14. The van der Waals surface area contributed by atoms with Gasteiger partial charge in [0.05, 0.1) is 5.56 Å². The number of benzene rings is 2. The second-order valence-electron chi connectivity index (χ2n) is 5.12. The second kappa shape index (κ2) is 5.26. The predicted octanol–water partition coefficient (Wildman–Crippen LogP) is 3.61. The quantitative estimate of drug-likeness (QED) is 0.799. The Bertz CT molecular complexity index is 670. The number of hydrogen-bond acceptors (Lipinski definition) is 3. The molecule has 0 bridgehead atoms. The zero-order valence-corrected chi connectivity index (χ0v) is 11.3. The molecule has 3 heteroatoms. The lowest BCUT2D eigenvalue weighted by Crippen LogP contribution is -2.18. The van der Waals surface area contributed by atoms with Gasteiger partial charge in [0.15, 0.2) is 0 Å². The molecule has 20 heavy (non-hydrogen) atoms. The van der Waals surface area contributed by atoms with Gasteiger partial charge in [0.25, 0.3) is 0 Å². The van der Waals surface area contributed by atoms with Crippen LogP contribution in [0.2, 0.25) is 0 Å². The van der Waals surface area contributed by atoms with Crippen molar-refractivity contribution < 1.29 is 0 Å². The first-order valence-electron chi connectivity index (χ1n) is 6.94. The summed E-state index contributed by atoms with van der Waals surface area (Å²) in [6.07, 6.45) is 3.47. The fourth-order valence-electron chi connectivity index (χ4n) is 2.77. The number of aryl methyl sites for hydroxylation is 1. The number of nitrogens with zero attached hydrogens (tertiary/aromatic N) is 2. The maximum Gasteiger partial charge on any atom is 0.101 e. The molecule has 100 valence electrons. The number of para-hydroxylation sites is 1. The van der Waals surface area contributed by atoms with Crippen molar-refractivity contribution in [3.63, 3.8) is 0 Å². The second-order valence-corrected chi connectivity index (χ2v) is 5.12. The molecule has 0 saturated carbocycles. The van der Waals surface area contributed by atoms with Gasteiger partial charge in [0.2, 0.25) is 0 Å². The summed E-state index contributed by atoms with van der Waals surface area (Å²) in [5, 5.41) is 9.14. The first-order chi connectivity index (χ1) is 9.79. The molecule has 2 aromatic carbocycles. The van der Waals surface area contributed by atoms with Crippen LogP contribution >= 0.6 is 0 Å². The molecule has 0 spiro atoms. The summed E-state index contributed by atoms with van der Waals surface area (Å²) in [5.41, 5.74) is 10.6. The molecule has 0 aromatic heterocycles. The Balaban J connectivity index is 2.08. The van der Waals surface area contributed by atoms with Gasteiger partial charge in [-0.1, -0.05) is 18.2 Å². The molecule has 0 aliphatic carbocycles. The van der Waals surface area contributed by atoms with Crippen LogP contribution in [0.1, 0.15) is 24.0 Å². The lowest BCUT2D eigenvalue weighted by Gasteiger charge is -2.25. The minimum Gasteiger partial charge on any atom is -0.398 e. The van der Waals surface area contributed by atoms with Gasteiger partial charge >= 0.3 is 0 Å². The van der Waals surface area contributed by atoms with Crippen molar-refractivity contribution in [3.05, 3.63) is 53.6 Å². The Morgan fingerprint density at radius 2 is 1.95 bits per heavy atom. The molecule has 1 aliphatic rings. The largest absolute Gasteiger partial charge is 0.398 e. The van der Waals surface area contributed by atoms with Crippen molar-refractivity contribution in [1.82, 2.24) is 0 Å². The van der Waals surface area contributed by atoms with Gasteiger partial charge in [-0.05, 0) is 49.1 Å². The SMILES string of the molecule is N#Cc1cc(N2CCCCc3ccccc32)ccc1N. The van der Waals surface area contributed by atoms with Crippen LogP contribution in [0, 0.1) is 11.3 Å². The zero-order chi connectivity index (χ0) is 13.9. The summed E-state index contributed by atoms with van der Waals surface area (Å²) in [6, 6.07) is 16.4. The molecule has 1 heterocycles. The van der Waals surface area contributed by atoms with Crippen molar-refractivity contribution in [2.75, 3.05) is 17.2 Å². The molecule has 2 aromatic rings. The number of anilines is 3. The lowest BCUT2D eigenvalue weighted by atomic mass is 10.1. The fraction of sp³-hybridized carbons (Fsp3) is 0.235. The van der Waals surface area contributed by atoms with E-state index in [1.165, 1.54) is 17.7 Å². The average Bonchev–Trinajstić information content (AvgIpc) is 2.70. The molecule has 3 rings (SSSR count). The number of hydrogen-bond donors (Lipinski definition) is 1. The molecule has 0 radical (unpaired) electrons. The van der Waals surface area contributed by atoms with E-state index in [2.05, 4.69) is 35.2 Å². The van der Waals surface area contributed by atoms with Crippen molar-refractivity contribution in [2.45, 2.75) is 19.3 Å². The molecule has 0 fully saturated rings. The Kier molecular flexibility index (Phi) is 3.30. The van der Waals surface area contributed by atoms with Crippen molar-refractivity contribution in [2.24, 2.45) is 0 Å². The third-order valence-corrected chi connectivity index (χ3v) is 3.83. The van der Waals surface area contributed by atoms with Gasteiger partial charge in [-0.3, -0.25) is 0 Å². The minimum absolute atomic E-state index is 0.541. The highest BCUT2D eigenvalue weighted by molar-refractivity contribution is 5.71. The summed E-state index contributed by atoms with van der Waals surface area (Å²) >= 11 is 0. The van der Waals surface area contributed by atoms with Crippen LogP contribution in [0.5, 0.6) is 0 Å². The van der Waals surface area contributed by atoms with Crippen LogP contribution in [0.25, 0.3) is 0 Å². The van der Waals surface area contributed by atoms with Crippen molar-refractivity contribution in [3.8, 4) is 6.07 Å². The molecule has 0 saturated heterocycles. The molecular weight excluding hydrogens is 246 g/mol. The van der Waals surface area contributed by atoms with Gasteiger partial charge in [0.1, 0.15) is 6.07 Å². The summed E-state index contributed by atoms with van der Waals surface area (Å²) in [4.78, 5) is 2.29.